The van der Waals surface area contributed by atoms with Crippen LogP contribution in [0, 0.1) is 0 Å². The normalized spacial score (nSPS) is 16.1. The van der Waals surface area contributed by atoms with Gasteiger partial charge < -0.3 is 14.6 Å². The van der Waals surface area contributed by atoms with Gasteiger partial charge in [0.2, 0.25) is 11.2 Å². The minimum Gasteiger partial charge on any atom is -0.502 e. The van der Waals surface area contributed by atoms with Crippen LogP contribution < -0.4 is 5.43 Å². The summed E-state index contributed by atoms with van der Waals surface area (Å²) in [5.41, 5.74) is 2.16. The third-order valence-electron chi connectivity index (χ3n) is 5.08. The molecule has 1 aliphatic heterocycles. The van der Waals surface area contributed by atoms with Crippen molar-refractivity contribution in [3.63, 3.8) is 0 Å². The van der Waals surface area contributed by atoms with Gasteiger partial charge in [-0.2, -0.15) is 0 Å². The average molecular weight is 372 g/mol. The molecular formula is C21H28N2O4. The van der Waals surface area contributed by atoms with E-state index in [1.54, 1.807) is 0 Å². The number of aliphatic hydroxyl groups is 1. The van der Waals surface area contributed by atoms with Crippen LogP contribution in [0.4, 0.5) is 0 Å². The molecule has 0 saturated carbocycles. The molecule has 0 aliphatic carbocycles. The molecule has 2 aromatic rings. The number of nitrogens with zero attached hydrogens (tertiary/aromatic N) is 2. The van der Waals surface area contributed by atoms with Crippen LogP contribution in [0.3, 0.4) is 0 Å². The molecule has 1 saturated heterocycles. The van der Waals surface area contributed by atoms with E-state index in [0.29, 0.717) is 12.5 Å². The predicted octanol–water partition coefficient (Wildman–Crippen LogP) is 2.28. The van der Waals surface area contributed by atoms with Crippen molar-refractivity contribution in [2.75, 3.05) is 26.2 Å². The maximum absolute atomic E-state index is 11.7. The van der Waals surface area contributed by atoms with Crippen molar-refractivity contribution in [3.8, 4) is 5.75 Å². The van der Waals surface area contributed by atoms with Crippen molar-refractivity contribution in [1.29, 1.82) is 0 Å². The van der Waals surface area contributed by atoms with Gasteiger partial charge >= 0.3 is 0 Å². The van der Waals surface area contributed by atoms with Crippen LogP contribution in [0.15, 0.2) is 39.5 Å². The molecular weight excluding hydrogens is 344 g/mol. The van der Waals surface area contributed by atoms with Gasteiger partial charge in [-0.3, -0.25) is 14.6 Å². The number of hydrogen-bond acceptors (Lipinski definition) is 6. The Bertz CT molecular complexity index is 806. The van der Waals surface area contributed by atoms with Crippen molar-refractivity contribution in [2.45, 2.75) is 39.5 Å². The zero-order chi connectivity index (χ0) is 19.4. The summed E-state index contributed by atoms with van der Waals surface area (Å²) in [6.07, 6.45) is 0. The molecule has 6 nitrogen and oxygen atoms in total. The Morgan fingerprint density at radius 2 is 1.63 bits per heavy atom. The van der Waals surface area contributed by atoms with E-state index in [0.717, 1.165) is 38.8 Å². The predicted molar refractivity (Wildman–Crippen MR) is 104 cm³/mol. The van der Waals surface area contributed by atoms with E-state index in [-0.39, 0.29) is 23.9 Å². The molecule has 6 heteroatoms. The van der Waals surface area contributed by atoms with Gasteiger partial charge in [0.15, 0.2) is 5.76 Å². The Kier molecular flexibility index (Phi) is 6.31. The first-order chi connectivity index (χ1) is 13.0. The van der Waals surface area contributed by atoms with E-state index >= 15 is 0 Å². The average Bonchev–Trinajstić information content (AvgIpc) is 2.67. The monoisotopic (exact) mass is 372 g/mol. The quantitative estimate of drug-likeness (QED) is 0.810. The Labute approximate surface area is 159 Å². The Balaban J connectivity index is 1.55. The molecule has 0 amide bonds. The molecule has 0 atom stereocenters. The third-order valence-corrected chi connectivity index (χ3v) is 5.08. The smallest absolute Gasteiger partial charge is 0.227 e. The lowest BCUT2D eigenvalue weighted by molar-refractivity contribution is 0.112. The van der Waals surface area contributed by atoms with Crippen molar-refractivity contribution in [3.05, 3.63) is 63.2 Å². The fourth-order valence-electron chi connectivity index (χ4n) is 3.35. The Morgan fingerprint density at radius 1 is 1.04 bits per heavy atom. The molecule has 1 aromatic heterocycles. The van der Waals surface area contributed by atoms with Crippen LogP contribution in [-0.4, -0.2) is 46.2 Å². The van der Waals surface area contributed by atoms with Gasteiger partial charge in [0.25, 0.3) is 0 Å². The van der Waals surface area contributed by atoms with E-state index in [4.69, 9.17) is 4.42 Å². The molecule has 0 spiro atoms. The lowest BCUT2D eigenvalue weighted by atomic mass is 10.0. The van der Waals surface area contributed by atoms with Crippen molar-refractivity contribution in [2.24, 2.45) is 0 Å². The van der Waals surface area contributed by atoms with Gasteiger partial charge in [-0.25, -0.2) is 0 Å². The highest BCUT2D eigenvalue weighted by atomic mass is 16.4. The molecule has 0 radical (unpaired) electrons. The van der Waals surface area contributed by atoms with Crippen molar-refractivity contribution in [1.82, 2.24) is 9.80 Å². The number of piperazine rings is 1. The zero-order valence-corrected chi connectivity index (χ0v) is 16.0. The van der Waals surface area contributed by atoms with E-state index in [9.17, 15) is 15.0 Å². The molecule has 3 rings (SSSR count). The molecule has 1 aliphatic rings. The number of rotatable bonds is 6. The van der Waals surface area contributed by atoms with E-state index < -0.39 is 5.43 Å². The molecule has 146 valence electrons. The minimum absolute atomic E-state index is 0.177. The van der Waals surface area contributed by atoms with Gasteiger partial charge in [-0.1, -0.05) is 38.1 Å². The van der Waals surface area contributed by atoms with Crippen LogP contribution in [0.25, 0.3) is 0 Å². The highest BCUT2D eigenvalue weighted by Gasteiger charge is 2.20. The van der Waals surface area contributed by atoms with Gasteiger partial charge in [0.1, 0.15) is 12.4 Å². The molecule has 0 bridgehead atoms. The lowest BCUT2D eigenvalue weighted by Gasteiger charge is -2.34. The second kappa shape index (κ2) is 8.69. The van der Waals surface area contributed by atoms with Gasteiger partial charge in [0.05, 0.1) is 6.54 Å². The molecule has 0 unspecified atom stereocenters. The lowest BCUT2D eigenvalue weighted by Crippen LogP contribution is -2.45. The summed E-state index contributed by atoms with van der Waals surface area (Å²) in [6, 6.07) is 9.94. The SMILES string of the molecule is CC(C)c1ccc(CN2CCN(Cc3oc(CO)cc(=O)c3O)CC2)cc1. The third kappa shape index (κ3) is 4.97. The van der Waals surface area contributed by atoms with Gasteiger partial charge in [0, 0.05) is 38.8 Å². The second-order valence-electron chi connectivity index (χ2n) is 7.46. The maximum atomic E-state index is 11.7. The standard InChI is InChI=1S/C21H28N2O4/c1-15(2)17-5-3-16(4-6-17)12-22-7-9-23(10-8-22)13-20-21(26)19(25)11-18(14-24)27-20/h3-6,11,15,24,26H,7-10,12-14H2,1-2H3. The van der Waals surface area contributed by atoms with Crippen LogP contribution >= 0.6 is 0 Å². The minimum atomic E-state index is -0.510. The van der Waals surface area contributed by atoms with Crippen LogP contribution in [0.2, 0.25) is 0 Å². The van der Waals surface area contributed by atoms with Crippen molar-refractivity contribution < 1.29 is 14.6 Å². The first-order valence-electron chi connectivity index (χ1n) is 9.45. The molecule has 1 fully saturated rings. The van der Waals surface area contributed by atoms with E-state index in [1.807, 2.05) is 0 Å². The van der Waals surface area contributed by atoms with E-state index in [1.165, 1.54) is 11.1 Å². The number of aromatic hydroxyl groups is 1. The summed E-state index contributed by atoms with van der Waals surface area (Å²) in [6.45, 7) is 8.82. The van der Waals surface area contributed by atoms with E-state index in [2.05, 4.69) is 47.9 Å². The number of benzene rings is 1. The molecule has 1 aromatic carbocycles. The number of hydrogen-bond donors (Lipinski definition) is 2. The van der Waals surface area contributed by atoms with Gasteiger partial charge in [-0.15, -0.1) is 0 Å². The first kappa shape index (κ1) is 19.6. The molecule has 27 heavy (non-hydrogen) atoms. The highest BCUT2D eigenvalue weighted by Crippen LogP contribution is 2.19. The Morgan fingerprint density at radius 3 is 2.19 bits per heavy atom. The summed E-state index contributed by atoms with van der Waals surface area (Å²) in [5.74, 6) is 0.587. The van der Waals surface area contributed by atoms with Crippen LogP contribution in [-0.2, 0) is 19.7 Å². The Hall–Kier alpha value is -2.15. The second-order valence-corrected chi connectivity index (χ2v) is 7.46. The van der Waals surface area contributed by atoms with Crippen LogP contribution in [0.5, 0.6) is 5.75 Å². The van der Waals surface area contributed by atoms with Crippen molar-refractivity contribution >= 4 is 0 Å². The fourth-order valence-corrected chi connectivity index (χ4v) is 3.35. The summed E-state index contributed by atoms with van der Waals surface area (Å²) < 4.78 is 5.44. The van der Waals surface area contributed by atoms with Crippen LogP contribution in [0.1, 0.15) is 42.4 Å². The maximum Gasteiger partial charge on any atom is 0.227 e. The summed E-state index contributed by atoms with van der Waals surface area (Å²) in [4.78, 5) is 16.3. The summed E-state index contributed by atoms with van der Waals surface area (Å²) >= 11 is 0. The zero-order valence-electron chi connectivity index (χ0n) is 16.0. The fraction of sp³-hybridized carbons (Fsp3) is 0.476. The molecule has 2 N–H and O–H groups in total. The summed E-state index contributed by atoms with van der Waals surface area (Å²) in [7, 11) is 0. The highest BCUT2D eigenvalue weighted by molar-refractivity contribution is 5.25. The number of aliphatic hydroxyl groups excluding tert-OH is 1. The largest absolute Gasteiger partial charge is 0.502 e. The topological polar surface area (TPSA) is 77.2 Å². The first-order valence-corrected chi connectivity index (χ1v) is 9.45. The van der Waals surface area contributed by atoms with Gasteiger partial charge in [-0.05, 0) is 17.0 Å². The molecule has 2 heterocycles. The summed E-state index contributed by atoms with van der Waals surface area (Å²) in [5, 5.41) is 19.1.